The summed E-state index contributed by atoms with van der Waals surface area (Å²) in [6.07, 6.45) is 1.60. The average molecular weight is 370 g/mol. The zero-order valence-electron chi connectivity index (χ0n) is 16.2. The van der Waals surface area contributed by atoms with E-state index in [1.807, 2.05) is 52.0 Å². The zero-order valence-corrected chi connectivity index (χ0v) is 16.2. The van der Waals surface area contributed by atoms with Crippen LogP contribution in [0.25, 0.3) is 0 Å². The lowest BCUT2D eigenvalue weighted by molar-refractivity contribution is 0.0954. The van der Waals surface area contributed by atoms with Gasteiger partial charge in [0.05, 0.1) is 26.0 Å². The van der Waals surface area contributed by atoms with Gasteiger partial charge in [-0.3, -0.25) is 4.79 Å². The molecule has 6 nitrogen and oxygen atoms in total. The number of hydrogen-bond acceptors (Lipinski definition) is 5. The number of hydrogen-bond donors (Lipinski definition) is 1. The molecule has 0 aliphatic rings. The fraction of sp³-hybridized carbons (Fsp3) is 0.333. The summed E-state index contributed by atoms with van der Waals surface area (Å²) in [6, 6.07) is 11.1. The number of aryl methyl sites for hydroxylation is 1. The van der Waals surface area contributed by atoms with E-state index in [0.29, 0.717) is 42.6 Å². The van der Waals surface area contributed by atoms with E-state index in [2.05, 4.69) is 10.5 Å². The van der Waals surface area contributed by atoms with Crippen LogP contribution >= 0.6 is 0 Å². The van der Waals surface area contributed by atoms with Crippen molar-refractivity contribution >= 4 is 12.1 Å². The smallest absolute Gasteiger partial charge is 0.271 e. The second-order valence-electron chi connectivity index (χ2n) is 5.71. The molecule has 0 fully saturated rings. The van der Waals surface area contributed by atoms with E-state index >= 15 is 0 Å². The second-order valence-corrected chi connectivity index (χ2v) is 5.71. The summed E-state index contributed by atoms with van der Waals surface area (Å²) in [5.41, 5.74) is 4.95. The molecule has 2 aromatic rings. The van der Waals surface area contributed by atoms with Crippen molar-refractivity contribution < 1.29 is 19.0 Å². The highest BCUT2D eigenvalue weighted by Gasteiger charge is 2.18. The van der Waals surface area contributed by atoms with E-state index in [-0.39, 0.29) is 5.91 Å². The van der Waals surface area contributed by atoms with Crippen molar-refractivity contribution in [1.29, 1.82) is 0 Å². The van der Waals surface area contributed by atoms with Crippen molar-refractivity contribution in [3.8, 4) is 17.2 Å². The third-order valence-corrected chi connectivity index (χ3v) is 3.59. The van der Waals surface area contributed by atoms with Crippen LogP contribution in [0.5, 0.6) is 17.2 Å². The molecular weight excluding hydrogens is 344 g/mol. The molecule has 1 amide bonds. The molecule has 2 rings (SSSR count). The van der Waals surface area contributed by atoms with Gasteiger partial charge in [-0.15, -0.1) is 0 Å². The molecule has 0 bridgehead atoms. The highest BCUT2D eigenvalue weighted by Crippen LogP contribution is 2.39. The molecule has 0 radical (unpaired) electrons. The van der Waals surface area contributed by atoms with Gasteiger partial charge in [0.25, 0.3) is 5.91 Å². The number of nitrogens with zero attached hydrogens (tertiary/aromatic N) is 1. The largest absolute Gasteiger partial charge is 0.490 e. The quantitative estimate of drug-likeness (QED) is 0.536. The standard InChI is InChI=1S/C21H26N2O4/c1-5-25-18-12-17(13-19(26-6-2)20(18)27-7-3)21(24)23-22-14-16-10-8-9-15(4)11-16/h8-14H,5-7H2,1-4H3,(H,23,24)/b22-14-. The Bertz CT molecular complexity index is 776. The average Bonchev–Trinajstić information content (AvgIpc) is 2.64. The van der Waals surface area contributed by atoms with Gasteiger partial charge >= 0.3 is 0 Å². The summed E-state index contributed by atoms with van der Waals surface area (Å²) in [5, 5.41) is 4.03. The van der Waals surface area contributed by atoms with Gasteiger partial charge < -0.3 is 14.2 Å². The third-order valence-electron chi connectivity index (χ3n) is 3.59. The Morgan fingerprint density at radius 2 is 1.63 bits per heavy atom. The van der Waals surface area contributed by atoms with Crippen LogP contribution in [0.4, 0.5) is 0 Å². The Kier molecular flexibility index (Phi) is 7.67. The summed E-state index contributed by atoms with van der Waals surface area (Å²) in [6.45, 7) is 8.98. The molecule has 27 heavy (non-hydrogen) atoms. The van der Waals surface area contributed by atoms with Crippen molar-refractivity contribution in [2.24, 2.45) is 5.10 Å². The van der Waals surface area contributed by atoms with Crippen LogP contribution in [0.2, 0.25) is 0 Å². The molecule has 0 aromatic heterocycles. The van der Waals surface area contributed by atoms with Crippen molar-refractivity contribution in [1.82, 2.24) is 5.43 Å². The number of hydrazone groups is 1. The van der Waals surface area contributed by atoms with Gasteiger partial charge in [-0.2, -0.15) is 5.10 Å². The second kappa shape index (κ2) is 10.2. The van der Waals surface area contributed by atoms with Crippen LogP contribution in [-0.4, -0.2) is 31.9 Å². The van der Waals surface area contributed by atoms with Crippen LogP contribution in [0.3, 0.4) is 0 Å². The van der Waals surface area contributed by atoms with Crippen molar-refractivity contribution in [2.75, 3.05) is 19.8 Å². The fourth-order valence-electron chi connectivity index (χ4n) is 2.50. The fourth-order valence-corrected chi connectivity index (χ4v) is 2.50. The molecular formula is C21H26N2O4. The zero-order chi connectivity index (χ0) is 19.6. The van der Waals surface area contributed by atoms with E-state index in [1.54, 1.807) is 18.3 Å². The molecule has 0 saturated carbocycles. The van der Waals surface area contributed by atoms with Gasteiger partial charge in [0.1, 0.15) is 0 Å². The molecule has 6 heteroatoms. The van der Waals surface area contributed by atoms with E-state index in [1.165, 1.54) is 0 Å². The maximum absolute atomic E-state index is 12.5. The molecule has 0 unspecified atom stereocenters. The minimum Gasteiger partial charge on any atom is -0.490 e. The van der Waals surface area contributed by atoms with E-state index in [4.69, 9.17) is 14.2 Å². The number of amides is 1. The number of benzene rings is 2. The van der Waals surface area contributed by atoms with Crippen molar-refractivity contribution in [2.45, 2.75) is 27.7 Å². The first-order chi connectivity index (χ1) is 13.1. The number of nitrogens with one attached hydrogen (secondary N) is 1. The van der Waals surface area contributed by atoms with Gasteiger partial charge in [0, 0.05) is 5.56 Å². The Morgan fingerprint density at radius 3 is 2.19 bits per heavy atom. The third kappa shape index (κ3) is 5.74. The summed E-state index contributed by atoms with van der Waals surface area (Å²) in [4.78, 5) is 12.5. The normalized spacial score (nSPS) is 10.7. The van der Waals surface area contributed by atoms with Gasteiger partial charge in [-0.25, -0.2) is 5.43 Å². The van der Waals surface area contributed by atoms with Crippen molar-refractivity contribution in [3.05, 3.63) is 53.1 Å². The molecule has 0 atom stereocenters. The molecule has 0 spiro atoms. The number of rotatable bonds is 9. The highest BCUT2D eigenvalue weighted by atomic mass is 16.5. The summed E-state index contributed by atoms with van der Waals surface area (Å²) in [7, 11) is 0. The van der Waals surface area contributed by atoms with Crippen LogP contribution in [0, 0.1) is 6.92 Å². The molecule has 1 N–H and O–H groups in total. The lowest BCUT2D eigenvalue weighted by atomic mass is 10.1. The van der Waals surface area contributed by atoms with Crippen LogP contribution in [0.1, 0.15) is 42.3 Å². The molecule has 2 aromatic carbocycles. The Morgan fingerprint density at radius 1 is 1.00 bits per heavy atom. The first kappa shape index (κ1) is 20.3. The first-order valence-electron chi connectivity index (χ1n) is 9.05. The van der Waals surface area contributed by atoms with E-state index in [0.717, 1.165) is 11.1 Å². The summed E-state index contributed by atoms with van der Waals surface area (Å²) in [5.74, 6) is 1.08. The van der Waals surface area contributed by atoms with Gasteiger partial charge in [-0.1, -0.05) is 29.8 Å². The molecule has 0 heterocycles. The predicted molar refractivity (Wildman–Crippen MR) is 106 cm³/mol. The van der Waals surface area contributed by atoms with Gasteiger partial charge in [-0.05, 0) is 45.4 Å². The highest BCUT2D eigenvalue weighted by molar-refractivity contribution is 5.96. The Balaban J connectivity index is 2.23. The number of ether oxygens (including phenoxy) is 3. The minimum absolute atomic E-state index is 0.358. The number of carbonyl (C=O) groups excluding carboxylic acids is 1. The molecule has 144 valence electrons. The lowest BCUT2D eigenvalue weighted by Gasteiger charge is -2.16. The SMILES string of the molecule is CCOc1cc(C(=O)N/N=C\c2cccc(C)c2)cc(OCC)c1OCC. The maximum Gasteiger partial charge on any atom is 0.271 e. The summed E-state index contributed by atoms with van der Waals surface area (Å²) < 4.78 is 16.9. The Hall–Kier alpha value is -3.02. The number of carbonyl (C=O) groups is 1. The first-order valence-corrected chi connectivity index (χ1v) is 9.05. The monoisotopic (exact) mass is 370 g/mol. The van der Waals surface area contributed by atoms with E-state index < -0.39 is 0 Å². The Labute approximate surface area is 160 Å². The van der Waals surface area contributed by atoms with Gasteiger partial charge in [0.2, 0.25) is 5.75 Å². The lowest BCUT2D eigenvalue weighted by Crippen LogP contribution is -2.18. The topological polar surface area (TPSA) is 69.2 Å². The van der Waals surface area contributed by atoms with E-state index in [9.17, 15) is 4.79 Å². The molecule has 0 saturated heterocycles. The van der Waals surface area contributed by atoms with Crippen molar-refractivity contribution in [3.63, 3.8) is 0 Å². The van der Waals surface area contributed by atoms with Crippen LogP contribution in [0.15, 0.2) is 41.5 Å². The summed E-state index contributed by atoms with van der Waals surface area (Å²) >= 11 is 0. The predicted octanol–water partition coefficient (Wildman–Crippen LogP) is 3.96. The van der Waals surface area contributed by atoms with Crippen LogP contribution in [-0.2, 0) is 0 Å². The van der Waals surface area contributed by atoms with Gasteiger partial charge in [0.15, 0.2) is 11.5 Å². The van der Waals surface area contributed by atoms with Crippen LogP contribution < -0.4 is 19.6 Å². The molecule has 0 aliphatic carbocycles. The minimum atomic E-state index is -0.358. The maximum atomic E-state index is 12.5. The molecule has 0 aliphatic heterocycles.